The standard InChI is InChI=1S/C24H29F/c1-3-4-5-6-19-9-13-20(14-10-19)22-15-16-23(24(25)17-22)21-11-7-18(2)8-12-21/h3-4,9-10,13-18,21H,5-8,11-12H2,1-2H3/b4-3+. The number of hydrogen-bond acceptors (Lipinski definition) is 0. The molecule has 0 spiro atoms. The molecule has 0 unspecified atom stereocenters. The Bertz CT molecular complexity index is 703. The summed E-state index contributed by atoms with van der Waals surface area (Å²) >= 11 is 0. The first-order valence-corrected chi connectivity index (χ1v) is 9.67. The molecule has 0 heterocycles. The first-order valence-electron chi connectivity index (χ1n) is 9.67. The molecule has 0 N–H and O–H groups in total. The van der Waals surface area contributed by atoms with Gasteiger partial charge in [0.1, 0.15) is 5.82 Å². The Hall–Kier alpha value is -1.89. The average molecular weight is 336 g/mol. The first-order chi connectivity index (χ1) is 12.2. The van der Waals surface area contributed by atoms with Gasteiger partial charge in [0.05, 0.1) is 0 Å². The highest BCUT2D eigenvalue weighted by atomic mass is 19.1. The van der Waals surface area contributed by atoms with E-state index in [1.165, 1.54) is 18.4 Å². The summed E-state index contributed by atoms with van der Waals surface area (Å²) < 4.78 is 14.7. The maximum Gasteiger partial charge on any atom is 0.127 e. The van der Waals surface area contributed by atoms with Gasteiger partial charge in [0.15, 0.2) is 0 Å². The van der Waals surface area contributed by atoms with Gasteiger partial charge in [-0.05, 0) is 72.8 Å². The molecule has 132 valence electrons. The molecule has 1 aliphatic carbocycles. The van der Waals surface area contributed by atoms with Crippen LogP contribution in [0.4, 0.5) is 4.39 Å². The van der Waals surface area contributed by atoms with Gasteiger partial charge in [0, 0.05) is 0 Å². The minimum Gasteiger partial charge on any atom is -0.207 e. The second-order valence-corrected chi connectivity index (χ2v) is 7.50. The molecule has 25 heavy (non-hydrogen) atoms. The molecule has 0 bridgehead atoms. The molecule has 3 rings (SSSR count). The van der Waals surface area contributed by atoms with E-state index < -0.39 is 0 Å². The number of hydrogen-bond donors (Lipinski definition) is 0. The van der Waals surface area contributed by atoms with Crippen LogP contribution in [-0.2, 0) is 6.42 Å². The zero-order chi connectivity index (χ0) is 17.6. The van der Waals surface area contributed by atoms with Gasteiger partial charge >= 0.3 is 0 Å². The van der Waals surface area contributed by atoms with Crippen molar-refractivity contribution in [2.75, 3.05) is 0 Å². The van der Waals surface area contributed by atoms with E-state index in [4.69, 9.17) is 0 Å². The van der Waals surface area contributed by atoms with Gasteiger partial charge in [-0.2, -0.15) is 0 Å². The van der Waals surface area contributed by atoms with Crippen molar-refractivity contribution in [3.63, 3.8) is 0 Å². The van der Waals surface area contributed by atoms with Crippen molar-refractivity contribution in [3.05, 3.63) is 71.6 Å². The van der Waals surface area contributed by atoms with Gasteiger partial charge in [-0.25, -0.2) is 4.39 Å². The van der Waals surface area contributed by atoms with Crippen LogP contribution in [-0.4, -0.2) is 0 Å². The molecule has 0 aromatic heterocycles. The summed E-state index contributed by atoms with van der Waals surface area (Å²) in [4.78, 5) is 0. The molecule has 2 aromatic carbocycles. The van der Waals surface area contributed by atoms with Gasteiger partial charge in [-0.1, -0.05) is 68.3 Å². The van der Waals surface area contributed by atoms with Crippen LogP contribution in [0.3, 0.4) is 0 Å². The Morgan fingerprint density at radius 3 is 2.28 bits per heavy atom. The van der Waals surface area contributed by atoms with E-state index in [1.54, 1.807) is 6.07 Å². The zero-order valence-electron chi connectivity index (χ0n) is 15.5. The lowest BCUT2D eigenvalue weighted by molar-refractivity contribution is 0.342. The van der Waals surface area contributed by atoms with E-state index in [0.29, 0.717) is 5.92 Å². The molecule has 1 fully saturated rings. The van der Waals surface area contributed by atoms with E-state index in [2.05, 4.69) is 56.3 Å². The molecule has 0 aliphatic heterocycles. The fourth-order valence-electron chi connectivity index (χ4n) is 3.89. The summed E-state index contributed by atoms with van der Waals surface area (Å²) in [6.45, 7) is 4.35. The topological polar surface area (TPSA) is 0 Å². The lowest BCUT2D eigenvalue weighted by Crippen LogP contribution is -2.12. The maximum absolute atomic E-state index is 14.7. The van der Waals surface area contributed by atoms with Crippen LogP contribution >= 0.6 is 0 Å². The molecule has 0 atom stereocenters. The highest BCUT2D eigenvalue weighted by Gasteiger charge is 2.22. The van der Waals surface area contributed by atoms with Crippen molar-refractivity contribution in [1.82, 2.24) is 0 Å². The lowest BCUT2D eigenvalue weighted by atomic mass is 9.79. The number of aryl methyl sites for hydroxylation is 1. The molecule has 0 radical (unpaired) electrons. The zero-order valence-corrected chi connectivity index (χ0v) is 15.5. The van der Waals surface area contributed by atoms with E-state index in [-0.39, 0.29) is 5.82 Å². The van der Waals surface area contributed by atoms with Gasteiger partial charge in [-0.15, -0.1) is 0 Å². The van der Waals surface area contributed by atoms with Gasteiger partial charge in [-0.3, -0.25) is 0 Å². The number of allylic oxidation sites excluding steroid dienone is 2. The lowest BCUT2D eigenvalue weighted by Gasteiger charge is -2.26. The van der Waals surface area contributed by atoms with Crippen LogP contribution in [0, 0.1) is 11.7 Å². The second kappa shape index (κ2) is 8.47. The van der Waals surface area contributed by atoms with Crippen molar-refractivity contribution in [2.24, 2.45) is 5.92 Å². The molecule has 0 saturated heterocycles. The molecule has 1 saturated carbocycles. The van der Waals surface area contributed by atoms with Crippen LogP contribution in [0.1, 0.15) is 63.0 Å². The summed E-state index contributed by atoms with van der Waals surface area (Å²) in [6, 6.07) is 14.4. The Kier molecular flexibility index (Phi) is 6.07. The van der Waals surface area contributed by atoms with Crippen LogP contribution in [0.5, 0.6) is 0 Å². The predicted molar refractivity (Wildman–Crippen MR) is 105 cm³/mol. The Balaban J connectivity index is 1.71. The number of rotatable bonds is 5. The minimum atomic E-state index is -0.0331. The smallest absolute Gasteiger partial charge is 0.127 e. The summed E-state index contributed by atoms with van der Waals surface area (Å²) in [6.07, 6.45) is 11.1. The van der Waals surface area contributed by atoms with E-state index in [9.17, 15) is 4.39 Å². The molecule has 2 aromatic rings. The molecule has 0 amide bonds. The predicted octanol–water partition coefficient (Wildman–Crippen LogP) is 7.30. The molecule has 1 heteroatoms. The monoisotopic (exact) mass is 336 g/mol. The molecule has 1 aliphatic rings. The highest BCUT2D eigenvalue weighted by Crippen LogP contribution is 2.37. The van der Waals surface area contributed by atoms with Crippen LogP contribution in [0.2, 0.25) is 0 Å². The summed E-state index contributed by atoms with van der Waals surface area (Å²) in [7, 11) is 0. The normalized spacial score (nSPS) is 20.9. The van der Waals surface area contributed by atoms with Crippen molar-refractivity contribution in [2.45, 2.75) is 58.3 Å². The van der Waals surface area contributed by atoms with Crippen molar-refractivity contribution in [3.8, 4) is 11.1 Å². The summed E-state index contributed by atoms with van der Waals surface area (Å²) in [5.74, 6) is 1.17. The molecular weight excluding hydrogens is 307 g/mol. The fraction of sp³-hybridized carbons (Fsp3) is 0.417. The van der Waals surface area contributed by atoms with E-state index in [1.807, 2.05) is 6.07 Å². The highest BCUT2D eigenvalue weighted by molar-refractivity contribution is 5.64. The van der Waals surface area contributed by atoms with Gasteiger partial charge < -0.3 is 0 Å². The molecular formula is C24H29F. The Morgan fingerprint density at radius 2 is 1.64 bits per heavy atom. The van der Waals surface area contributed by atoms with Crippen molar-refractivity contribution >= 4 is 0 Å². The van der Waals surface area contributed by atoms with E-state index in [0.717, 1.165) is 48.3 Å². The Labute approximate surface area is 151 Å². The number of halogens is 1. The Morgan fingerprint density at radius 1 is 0.960 bits per heavy atom. The van der Waals surface area contributed by atoms with Gasteiger partial charge in [0.2, 0.25) is 0 Å². The third-order valence-electron chi connectivity index (χ3n) is 5.58. The van der Waals surface area contributed by atoms with Crippen molar-refractivity contribution < 1.29 is 4.39 Å². The third-order valence-corrected chi connectivity index (χ3v) is 5.58. The minimum absolute atomic E-state index is 0.0331. The number of benzene rings is 2. The summed E-state index contributed by atoms with van der Waals surface area (Å²) in [5, 5.41) is 0. The van der Waals surface area contributed by atoms with E-state index >= 15 is 0 Å². The average Bonchev–Trinajstić information content (AvgIpc) is 2.63. The largest absolute Gasteiger partial charge is 0.207 e. The van der Waals surface area contributed by atoms with Crippen LogP contribution < -0.4 is 0 Å². The van der Waals surface area contributed by atoms with Crippen molar-refractivity contribution in [1.29, 1.82) is 0 Å². The van der Waals surface area contributed by atoms with Crippen LogP contribution in [0.25, 0.3) is 11.1 Å². The van der Waals surface area contributed by atoms with Crippen LogP contribution in [0.15, 0.2) is 54.6 Å². The maximum atomic E-state index is 14.7. The summed E-state index contributed by atoms with van der Waals surface area (Å²) in [5.41, 5.74) is 4.32. The third kappa shape index (κ3) is 4.60. The fourth-order valence-corrected chi connectivity index (χ4v) is 3.89. The first kappa shape index (κ1) is 17.9. The molecule has 0 nitrogen and oxygen atoms in total. The quantitative estimate of drug-likeness (QED) is 0.503. The second-order valence-electron chi connectivity index (χ2n) is 7.50. The SMILES string of the molecule is C/C=C/CCc1ccc(-c2ccc(C3CCC(C)CC3)c(F)c2)cc1. The van der Waals surface area contributed by atoms with Gasteiger partial charge in [0.25, 0.3) is 0 Å².